The molecule has 0 fully saturated rings. The molecule has 0 spiro atoms. The number of carboxylic acid groups (broad SMARTS) is 1. The summed E-state index contributed by atoms with van der Waals surface area (Å²) in [7, 11) is -4.67. The molecule has 0 aromatic heterocycles. The van der Waals surface area contributed by atoms with E-state index in [-0.39, 0.29) is 29.6 Å². The van der Waals surface area contributed by atoms with Gasteiger partial charge in [0.25, 0.3) is 0 Å². The Hall–Kier alpha value is 0.340. The van der Waals surface area contributed by atoms with Crippen molar-refractivity contribution in [3.63, 3.8) is 0 Å². The second kappa shape index (κ2) is 19.4. The number of rotatable bonds is 12. The molecule has 0 saturated carbocycles. The summed E-state index contributed by atoms with van der Waals surface area (Å²) in [5, 5.41) is 8.46. The second-order valence-electron chi connectivity index (χ2n) is 5.13. The third kappa shape index (κ3) is 42.8. The molecule has 3 N–H and O–H groups in total. The first-order chi connectivity index (χ1) is 9.77. The minimum absolute atomic E-state index is 0. The van der Waals surface area contributed by atoms with E-state index in [1.807, 2.05) is 0 Å². The van der Waals surface area contributed by atoms with Gasteiger partial charge in [-0.1, -0.05) is 71.1 Å². The predicted octanol–water partition coefficient (Wildman–Crippen LogP) is 3.47. The monoisotopic (exact) mass is 350 g/mol. The van der Waals surface area contributed by atoms with Gasteiger partial charge in [0, 0.05) is 6.42 Å². The average Bonchev–Trinajstić information content (AvgIpc) is 2.33. The Morgan fingerprint density at radius 3 is 1.32 bits per heavy atom. The third-order valence-corrected chi connectivity index (χ3v) is 2.99. The molecule has 0 aromatic carbocycles. The van der Waals surface area contributed by atoms with Crippen LogP contribution < -0.4 is 0 Å². The molecule has 0 bridgehead atoms. The van der Waals surface area contributed by atoms with Gasteiger partial charge < -0.3 is 5.11 Å². The van der Waals surface area contributed by atoms with Crippen LogP contribution in [0.25, 0.3) is 0 Å². The van der Waals surface area contributed by atoms with E-state index < -0.39 is 16.4 Å². The zero-order valence-corrected chi connectivity index (χ0v) is 13.8. The van der Waals surface area contributed by atoms with E-state index in [0.29, 0.717) is 6.42 Å². The number of carbonyl (C=O) groups is 1. The van der Waals surface area contributed by atoms with Crippen LogP contribution in [-0.2, 0) is 15.2 Å². The van der Waals surface area contributed by atoms with Gasteiger partial charge >= 0.3 is 45.9 Å². The first kappa shape index (κ1) is 27.2. The summed E-state index contributed by atoms with van der Waals surface area (Å²) < 4.78 is 31.6. The quantitative estimate of drug-likeness (QED) is 0.282. The molecule has 0 aliphatic carbocycles. The maximum atomic E-state index is 10.3. The van der Waals surface area contributed by atoms with Crippen LogP contribution in [-0.4, -0.2) is 58.2 Å². The van der Waals surface area contributed by atoms with E-state index in [4.69, 9.17) is 22.6 Å². The molecule has 0 saturated heterocycles. The zero-order chi connectivity index (χ0) is 16.6. The van der Waals surface area contributed by atoms with Crippen molar-refractivity contribution in [2.75, 3.05) is 0 Å². The molecule has 0 radical (unpaired) electrons. The van der Waals surface area contributed by atoms with Crippen molar-refractivity contribution in [2.45, 2.75) is 84.0 Å². The Morgan fingerprint density at radius 2 is 1.05 bits per heavy atom. The minimum atomic E-state index is -4.67. The van der Waals surface area contributed by atoms with Gasteiger partial charge in [-0.05, 0) is 6.42 Å². The van der Waals surface area contributed by atoms with E-state index in [1.165, 1.54) is 57.8 Å². The number of carboxylic acids is 1. The third-order valence-electron chi connectivity index (χ3n) is 2.99. The van der Waals surface area contributed by atoms with Gasteiger partial charge in [0.2, 0.25) is 0 Å². The molecule has 6 nitrogen and oxygen atoms in total. The van der Waals surface area contributed by atoms with Gasteiger partial charge in [-0.25, -0.2) is 0 Å². The van der Waals surface area contributed by atoms with E-state index in [0.717, 1.165) is 12.8 Å². The van der Waals surface area contributed by atoms with Crippen LogP contribution >= 0.6 is 0 Å². The fourth-order valence-corrected chi connectivity index (χ4v) is 1.94. The summed E-state index contributed by atoms with van der Waals surface area (Å²) in [4.78, 5) is 10.3. The van der Waals surface area contributed by atoms with Gasteiger partial charge in [0.05, 0.1) is 0 Å². The summed E-state index contributed by atoms with van der Waals surface area (Å²) >= 11 is 0. The summed E-state index contributed by atoms with van der Waals surface area (Å²) in [5.74, 6) is -0.657. The molecular weight excluding hydrogens is 319 g/mol. The molecule has 0 atom stereocenters. The summed E-state index contributed by atoms with van der Waals surface area (Å²) in [6.45, 7) is 2.25. The normalized spacial score (nSPS) is 10.3. The van der Waals surface area contributed by atoms with Crippen LogP contribution in [0.1, 0.15) is 84.0 Å². The SMILES string of the molecule is CCCCCCCCCCCCCC(=O)O.O=S(=O)(O)O.[NaH]. The fourth-order valence-electron chi connectivity index (χ4n) is 1.94. The first-order valence-corrected chi connectivity index (χ1v) is 9.08. The molecular formula is C14H31NaO6S. The summed E-state index contributed by atoms with van der Waals surface area (Å²) in [6.07, 6.45) is 14.4. The molecule has 0 unspecified atom stereocenters. The van der Waals surface area contributed by atoms with Crippen molar-refractivity contribution in [1.29, 1.82) is 0 Å². The van der Waals surface area contributed by atoms with Crippen molar-refractivity contribution in [3.8, 4) is 0 Å². The Bertz CT molecular complexity index is 324. The number of aliphatic carboxylic acids is 1. The van der Waals surface area contributed by atoms with Crippen molar-refractivity contribution in [1.82, 2.24) is 0 Å². The molecule has 0 aromatic rings. The molecule has 0 heterocycles. The molecule has 0 aliphatic heterocycles. The number of unbranched alkanes of at least 4 members (excludes halogenated alkanes) is 10. The van der Waals surface area contributed by atoms with E-state index >= 15 is 0 Å². The van der Waals surface area contributed by atoms with E-state index in [9.17, 15) is 4.79 Å². The van der Waals surface area contributed by atoms with Crippen LogP contribution in [0, 0.1) is 0 Å². The summed E-state index contributed by atoms with van der Waals surface area (Å²) in [5.41, 5.74) is 0. The molecule has 0 aliphatic rings. The summed E-state index contributed by atoms with van der Waals surface area (Å²) in [6, 6.07) is 0. The molecule has 8 heteroatoms. The second-order valence-corrected chi connectivity index (χ2v) is 6.02. The van der Waals surface area contributed by atoms with Crippen molar-refractivity contribution in [2.24, 2.45) is 0 Å². The Kier molecular flexibility index (Phi) is 24.0. The molecule has 22 heavy (non-hydrogen) atoms. The van der Waals surface area contributed by atoms with Crippen LogP contribution in [0.2, 0.25) is 0 Å². The number of hydrogen-bond donors (Lipinski definition) is 3. The van der Waals surface area contributed by atoms with E-state index in [2.05, 4.69) is 6.92 Å². The van der Waals surface area contributed by atoms with Crippen molar-refractivity contribution < 1.29 is 27.4 Å². The molecule has 0 amide bonds. The Morgan fingerprint density at radius 1 is 0.773 bits per heavy atom. The van der Waals surface area contributed by atoms with Gasteiger partial charge in [-0.3, -0.25) is 13.9 Å². The zero-order valence-electron chi connectivity index (χ0n) is 13.0. The van der Waals surface area contributed by atoms with Gasteiger partial charge in [-0.15, -0.1) is 0 Å². The van der Waals surface area contributed by atoms with Gasteiger partial charge in [-0.2, -0.15) is 8.42 Å². The van der Waals surface area contributed by atoms with E-state index in [1.54, 1.807) is 0 Å². The average molecular weight is 350 g/mol. The molecule has 130 valence electrons. The van der Waals surface area contributed by atoms with Crippen LogP contribution in [0.4, 0.5) is 0 Å². The van der Waals surface area contributed by atoms with Crippen LogP contribution in [0.5, 0.6) is 0 Å². The predicted molar refractivity (Wildman–Crippen MR) is 90.0 cm³/mol. The first-order valence-electron chi connectivity index (χ1n) is 7.69. The van der Waals surface area contributed by atoms with Crippen LogP contribution in [0.3, 0.4) is 0 Å². The fraction of sp³-hybridized carbons (Fsp3) is 0.929. The van der Waals surface area contributed by atoms with Crippen molar-refractivity contribution in [3.05, 3.63) is 0 Å². The van der Waals surface area contributed by atoms with Gasteiger partial charge in [0.15, 0.2) is 0 Å². The maximum absolute atomic E-state index is 10.3. The van der Waals surface area contributed by atoms with Crippen LogP contribution in [0.15, 0.2) is 0 Å². The van der Waals surface area contributed by atoms with Crippen molar-refractivity contribution >= 4 is 45.9 Å². The topological polar surface area (TPSA) is 112 Å². The molecule has 0 rings (SSSR count). The van der Waals surface area contributed by atoms with Gasteiger partial charge in [0.1, 0.15) is 0 Å². The standard InChI is InChI=1S/C14H28O2.Na.H2O4S.H/c1-2-3-4-5-6-7-8-9-10-11-12-13-14(15)16;;1-5(2,3)4;/h2-13H2,1H3,(H,15,16);;(H2,1,2,3,4);. The Balaban J connectivity index is -0.000000520. The Labute approximate surface area is 156 Å². The number of hydrogen-bond acceptors (Lipinski definition) is 3.